The van der Waals surface area contributed by atoms with Gasteiger partial charge in [0.15, 0.2) is 0 Å². The largest absolute Gasteiger partial charge is 0.481 e. The first-order valence-electron chi connectivity index (χ1n) is 6.93. The molecule has 1 fully saturated rings. The number of hydrogen-bond acceptors (Lipinski definition) is 5. The first-order valence-corrected chi connectivity index (χ1v) is 6.93. The number of rotatable bonds is 6. The number of cyclic esters (lactones) is 1. The van der Waals surface area contributed by atoms with Crippen molar-refractivity contribution in [1.29, 1.82) is 5.26 Å². The Balaban J connectivity index is 1.99. The van der Waals surface area contributed by atoms with Crippen molar-refractivity contribution in [2.45, 2.75) is 19.0 Å². The van der Waals surface area contributed by atoms with Gasteiger partial charge in [0.2, 0.25) is 5.91 Å². The van der Waals surface area contributed by atoms with E-state index >= 15 is 0 Å². The van der Waals surface area contributed by atoms with Crippen molar-refractivity contribution in [3.05, 3.63) is 35.4 Å². The first kappa shape index (κ1) is 16.3. The zero-order chi connectivity index (χ0) is 16.8. The highest BCUT2D eigenvalue weighted by molar-refractivity contribution is 5.88. The fourth-order valence-electron chi connectivity index (χ4n) is 2.13. The van der Waals surface area contributed by atoms with Crippen LogP contribution in [-0.4, -0.2) is 47.2 Å². The summed E-state index contributed by atoms with van der Waals surface area (Å²) in [4.78, 5) is 35.6. The van der Waals surface area contributed by atoms with Gasteiger partial charge in [-0.25, -0.2) is 4.79 Å². The number of nitriles is 1. The molecule has 1 aromatic carbocycles. The SMILES string of the molecule is N#Cc1ccc(CN2C(=O)OC[C@H]2C(=O)NCCC(=O)O)cc1. The standard InChI is InChI=1S/C15H15N3O5/c16-7-10-1-3-11(4-2-10)8-18-12(9-23-15(18)22)14(21)17-6-5-13(19)20/h1-4,12H,5-6,8-9H2,(H,17,21)(H,19,20)/t12-/m0/s1. The van der Waals surface area contributed by atoms with Gasteiger partial charge in [-0.2, -0.15) is 5.26 Å². The maximum atomic E-state index is 12.1. The second-order valence-corrected chi connectivity index (χ2v) is 4.96. The van der Waals surface area contributed by atoms with Crippen LogP contribution in [0.1, 0.15) is 17.5 Å². The molecule has 0 spiro atoms. The summed E-state index contributed by atoms with van der Waals surface area (Å²) in [7, 11) is 0. The molecule has 0 radical (unpaired) electrons. The Morgan fingerprint density at radius 1 is 1.39 bits per heavy atom. The topological polar surface area (TPSA) is 120 Å². The molecule has 1 atom stereocenters. The van der Waals surface area contributed by atoms with E-state index < -0.39 is 24.0 Å². The van der Waals surface area contributed by atoms with Gasteiger partial charge in [0.25, 0.3) is 0 Å². The molecule has 0 saturated carbocycles. The number of aliphatic carboxylic acids is 1. The monoisotopic (exact) mass is 317 g/mol. The molecule has 8 nitrogen and oxygen atoms in total. The number of hydrogen-bond donors (Lipinski definition) is 2. The third-order valence-electron chi connectivity index (χ3n) is 3.35. The number of nitrogens with one attached hydrogen (secondary N) is 1. The average Bonchev–Trinajstić information content (AvgIpc) is 2.89. The summed E-state index contributed by atoms with van der Waals surface area (Å²) in [5, 5.41) is 19.8. The molecule has 0 bridgehead atoms. The molecule has 8 heteroatoms. The molecule has 1 aliphatic rings. The van der Waals surface area contributed by atoms with Crippen LogP contribution in [0.4, 0.5) is 4.79 Å². The van der Waals surface area contributed by atoms with E-state index in [2.05, 4.69) is 5.32 Å². The van der Waals surface area contributed by atoms with E-state index in [0.29, 0.717) is 5.56 Å². The first-order chi connectivity index (χ1) is 11.0. The summed E-state index contributed by atoms with van der Waals surface area (Å²) in [6.07, 6.45) is -0.796. The highest BCUT2D eigenvalue weighted by Gasteiger charge is 2.37. The number of carboxylic acids is 1. The van der Waals surface area contributed by atoms with Crippen LogP contribution in [0.2, 0.25) is 0 Å². The molecular weight excluding hydrogens is 302 g/mol. The molecule has 1 saturated heterocycles. The van der Waals surface area contributed by atoms with Gasteiger partial charge in [0.1, 0.15) is 12.6 Å². The summed E-state index contributed by atoms with van der Waals surface area (Å²) in [5.41, 5.74) is 1.26. The van der Waals surface area contributed by atoms with Gasteiger partial charge >= 0.3 is 12.1 Å². The second kappa shape index (κ2) is 7.26. The minimum Gasteiger partial charge on any atom is -0.481 e. The van der Waals surface area contributed by atoms with E-state index in [1.54, 1.807) is 24.3 Å². The van der Waals surface area contributed by atoms with Crippen LogP contribution in [-0.2, 0) is 20.9 Å². The Labute approximate surface area is 132 Å². The highest BCUT2D eigenvalue weighted by Crippen LogP contribution is 2.17. The van der Waals surface area contributed by atoms with Crippen molar-refractivity contribution >= 4 is 18.0 Å². The van der Waals surface area contributed by atoms with Crippen LogP contribution in [0.5, 0.6) is 0 Å². The van der Waals surface area contributed by atoms with Gasteiger partial charge in [0, 0.05) is 6.54 Å². The molecule has 2 amide bonds. The lowest BCUT2D eigenvalue weighted by molar-refractivity contribution is -0.137. The molecule has 2 N–H and O–H groups in total. The lowest BCUT2D eigenvalue weighted by atomic mass is 10.1. The van der Waals surface area contributed by atoms with Crippen molar-refractivity contribution in [2.24, 2.45) is 0 Å². The highest BCUT2D eigenvalue weighted by atomic mass is 16.6. The molecule has 1 aromatic rings. The summed E-state index contributed by atoms with van der Waals surface area (Å²) >= 11 is 0. The number of carboxylic acid groups (broad SMARTS) is 1. The summed E-state index contributed by atoms with van der Waals surface area (Å²) in [6, 6.07) is 7.84. The normalized spacial score (nSPS) is 16.6. The van der Waals surface area contributed by atoms with Crippen LogP contribution >= 0.6 is 0 Å². The van der Waals surface area contributed by atoms with Crippen molar-refractivity contribution in [2.75, 3.05) is 13.2 Å². The van der Waals surface area contributed by atoms with Gasteiger partial charge in [-0.15, -0.1) is 0 Å². The molecule has 0 aromatic heterocycles. The molecule has 1 heterocycles. The number of amides is 2. The Hall–Kier alpha value is -3.08. The summed E-state index contributed by atoms with van der Waals surface area (Å²) in [5.74, 6) is -1.47. The second-order valence-electron chi connectivity index (χ2n) is 4.96. The fraction of sp³-hybridized carbons (Fsp3) is 0.333. The van der Waals surface area contributed by atoms with Crippen molar-refractivity contribution in [3.63, 3.8) is 0 Å². The van der Waals surface area contributed by atoms with E-state index in [9.17, 15) is 14.4 Å². The van der Waals surface area contributed by atoms with Gasteiger partial charge < -0.3 is 15.2 Å². The molecule has 0 aliphatic carbocycles. The Bertz CT molecular complexity index is 650. The van der Waals surface area contributed by atoms with E-state index in [1.807, 2.05) is 6.07 Å². The summed E-state index contributed by atoms with van der Waals surface area (Å²) in [6.45, 7) is 0.0825. The van der Waals surface area contributed by atoms with Crippen LogP contribution in [0.3, 0.4) is 0 Å². The van der Waals surface area contributed by atoms with Gasteiger partial charge in [-0.05, 0) is 17.7 Å². The molecule has 2 rings (SSSR count). The minimum absolute atomic E-state index is 0.0104. The van der Waals surface area contributed by atoms with Crippen LogP contribution in [0.25, 0.3) is 0 Å². The van der Waals surface area contributed by atoms with E-state index in [-0.39, 0.29) is 26.1 Å². The smallest absolute Gasteiger partial charge is 0.410 e. The number of benzene rings is 1. The van der Waals surface area contributed by atoms with E-state index in [1.165, 1.54) is 4.90 Å². The van der Waals surface area contributed by atoms with Crippen molar-refractivity contribution < 1.29 is 24.2 Å². The third kappa shape index (κ3) is 4.20. The zero-order valence-corrected chi connectivity index (χ0v) is 12.2. The Kier molecular flexibility index (Phi) is 5.15. The van der Waals surface area contributed by atoms with Gasteiger partial charge in [0.05, 0.1) is 24.6 Å². The lowest BCUT2D eigenvalue weighted by Crippen LogP contribution is -2.45. The lowest BCUT2D eigenvalue weighted by Gasteiger charge is -2.20. The Morgan fingerprint density at radius 3 is 2.70 bits per heavy atom. The van der Waals surface area contributed by atoms with Crippen LogP contribution in [0, 0.1) is 11.3 Å². The van der Waals surface area contributed by atoms with Crippen molar-refractivity contribution in [3.8, 4) is 6.07 Å². The van der Waals surface area contributed by atoms with Gasteiger partial charge in [-0.1, -0.05) is 12.1 Å². The molecular formula is C15H15N3O5. The number of nitrogens with zero attached hydrogens (tertiary/aromatic N) is 2. The number of carbonyl (C=O) groups is 3. The van der Waals surface area contributed by atoms with Crippen LogP contribution in [0.15, 0.2) is 24.3 Å². The quantitative estimate of drug-likeness (QED) is 0.787. The Morgan fingerprint density at radius 2 is 2.09 bits per heavy atom. The minimum atomic E-state index is -1.02. The average molecular weight is 317 g/mol. The van der Waals surface area contributed by atoms with Gasteiger partial charge in [-0.3, -0.25) is 14.5 Å². The van der Waals surface area contributed by atoms with Crippen LogP contribution < -0.4 is 5.32 Å². The molecule has 120 valence electrons. The number of ether oxygens (including phenoxy) is 1. The number of carbonyl (C=O) groups excluding carboxylic acids is 2. The maximum Gasteiger partial charge on any atom is 0.410 e. The third-order valence-corrected chi connectivity index (χ3v) is 3.35. The summed E-state index contributed by atoms with van der Waals surface area (Å²) < 4.78 is 4.90. The molecule has 0 unspecified atom stereocenters. The van der Waals surface area contributed by atoms with E-state index in [4.69, 9.17) is 15.1 Å². The zero-order valence-electron chi connectivity index (χ0n) is 12.2. The molecule has 23 heavy (non-hydrogen) atoms. The maximum absolute atomic E-state index is 12.1. The fourth-order valence-corrected chi connectivity index (χ4v) is 2.13. The predicted octanol–water partition coefficient (Wildman–Crippen LogP) is 0.470. The predicted molar refractivity (Wildman–Crippen MR) is 77.1 cm³/mol. The van der Waals surface area contributed by atoms with E-state index in [0.717, 1.165) is 5.56 Å². The van der Waals surface area contributed by atoms with Crippen molar-refractivity contribution in [1.82, 2.24) is 10.2 Å². The molecule has 1 aliphatic heterocycles.